The average Bonchev–Trinajstić information content (AvgIpc) is 2.79. The van der Waals surface area contributed by atoms with E-state index in [1.807, 2.05) is 0 Å². The molecule has 90 valence electrons. The fourth-order valence-corrected chi connectivity index (χ4v) is 2.07. The summed E-state index contributed by atoms with van der Waals surface area (Å²) in [5.74, 6) is 0.381. The second kappa shape index (κ2) is 4.44. The topological polar surface area (TPSA) is 76.9 Å². The SMILES string of the molecule is CNS(=O)(=O)c1ccn(-c2ncccc2Cl)n1. The van der Waals surface area contributed by atoms with Gasteiger partial charge in [0.25, 0.3) is 10.0 Å². The Morgan fingerprint density at radius 3 is 2.82 bits per heavy atom. The molecule has 0 aliphatic carbocycles. The van der Waals surface area contributed by atoms with Crippen LogP contribution in [0, 0.1) is 0 Å². The molecule has 2 aromatic heterocycles. The lowest BCUT2D eigenvalue weighted by atomic mass is 10.4. The first-order valence-electron chi connectivity index (χ1n) is 4.65. The van der Waals surface area contributed by atoms with E-state index in [0.29, 0.717) is 10.8 Å². The maximum Gasteiger partial charge on any atom is 0.259 e. The van der Waals surface area contributed by atoms with Crippen LogP contribution in [0.1, 0.15) is 0 Å². The first-order valence-corrected chi connectivity index (χ1v) is 6.51. The molecule has 0 bridgehead atoms. The molecule has 0 aliphatic heterocycles. The first-order chi connectivity index (χ1) is 8.04. The van der Waals surface area contributed by atoms with Gasteiger partial charge in [-0.05, 0) is 25.2 Å². The lowest BCUT2D eigenvalue weighted by Crippen LogP contribution is -2.19. The molecule has 2 heterocycles. The van der Waals surface area contributed by atoms with E-state index in [9.17, 15) is 8.42 Å². The van der Waals surface area contributed by atoms with Gasteiger partial charge in [0.15, 0.2) is 10.8 Å². The number of halogens is 1. The fourth-order valence-electron chi connectivity index (χ4n) is 1.22. The number of hydrogen-bond donors (Lipinski definition) is 1. The summed E-state index contributed by atoms with van der Waals surface area (Å²) in [5, 5.41) is 4.21. The molecule has 0 spiro atoms. The van der Waals surface area contributed by atoms with Gasteiger partial charge in [0, 0.05) is 12.4 Å². The van der Waals surface area contributed by atoms with Crippen molar-refractivity contribution >= 4 is 21.6 Å². The predicted octanol–water partition coefficient (Wildman–Crippen LogP) is 0.829. The Morgan fingerprint density at radius 1 is 1.41 bits per heavy atom. The molecular formula is C9H9ClN4O2S. The molecule has 0 amide bonds. The van der Waals surface area contributed by atoms with Crippen LogP contribution in [-0.2, 0) is 10.0 Å². The molecule has 0 fully saturated rings. The fraction of sp³-hybridized carbons (Fsp3) is 0.111. The predicted molar refractivity (Wildman–Crippen MR) is 62.6 cm³/mol. The van der Waals surface area contributed by atoms with E-state index in [2.05, 4.69) is 14.8 Å². The van der Waals surface area contributed by atoms with E-state index in [1.54, 1.807) is 18.3 Å². The summed E-state index contributed by atoms with van der Waals surface area (Å²) < 4.78 is 26.5. The van der Waals surface area contributed by atoms with Crippen LogP contribution in [0.5, 0.6) is 0 Å². The number of hydrogen-bond acceptors (Lipinski definition) is 4. The van der Waals surface area contributed by atoms with E-state index in [-0.39, 0.29) is 5.03 Å². The lowest BCUT2D eigenvalue weighted by molar-refractivity contribution is 0.582. The number of nitrogens with zero attached hydrogens (tertiary/aromatic N) is 3. The zero-order valence-corrected chi connectivity index (χ0v) is 10.4. The van der Waals surface area contributed by atoms with Gasteiger partial charge in [-0.25, -0.2) is 22.8 Å². The maximum absolute atomic E-state index is 11.5. The molecule has 1 N–H and O–H groups in total. The van der Waals surface area contributed by atoms with Crippen molar-refractivity contribution in [3.05, 3.63) is 35.6 Å². The maximum atomic E-state index is 11.5. The molecule has 17 heavy (non-hydrogen) atoms. The second-order valence-corrected chi connectivity index (χ2v) is 5.36. The van der Waals surface area contributed by atoms with Gasteiger partial charge in [0.1, 0.15) is 0 Å². The quantitative estimate of drug-likeness (QED) is 0.898. The summed E-state index contributed by atoms with van der Waals surface area (Å²) in [6.45, 7) is 0. The highest BCUT2D eigenvalue weighted by atomic mass is 35.5. The van der Waals surface area contributed by atoms with E-state index in [1.165, 1.54) is 24.0 Å². The molecule has 0 atom stereocenters. The van der Waals surface area contributed by atoms with Gasteiger partial charge in [-0.2, -0.15) is 5.10 Å². The third-order valence-corrected chi connectivity index (χ3v) is 3.67. The number of sulfonamides is 1. The zero-order valence-electron chi connectivity index (χ0n) is 8.83. The van der Waals surface area contributed by atoms with E-state index in [4.69, 9.17) is 11.6 Å². The minimum atomic E-state index is -3.55. The molecule has 0 aromatic carbocycles. The smallest absolute Gasteiger partial charge is 0.236 e. The van der Waals surface area contributed by atoms with Gasteiger partial charge >= 0.3 is 0 Å². The number of pyridine rings is 1. The van der Waals surface area contributed by atoms with Gasteiger partial charge < -0.3 is 0 Å². The highest BCUT2D eigenvalue weighted by Crippen LogP contribution is 2.17. The lowest BCUT2D eigenvalue weighted by Gasteiger charge is -2.01. The van der Waals surface area contributed by atoms with Crippen LogP contribution < -0.4 is 4.72 Å². The average molecular weight is 273 g/mol. The normalized spacial score (nSPS) is 11.6. The molecule has 2 aromatic rings. The van der Waals surface area contributed by atoms with Crippen molar-refractivity contribution in [3.8, 4) is 5.82 Å². The van der Waals surface area contributed by atoms with Crippen LogP contribution in [0.15, 0.2) is 35.6 Å². The molecule has 6 nitrogen and oxygen atoms in total. The molecule has 0 radical (unpaired) electrons. The minimum absolute atomic E-state index is 0.0817. The largest absolute Gasteiger partial charge is 0.259 e. The molecule has 0 saturated carbocycles. The highest BCUT2D eigenvalue weighted by Gasteiger charge is 2.16. The number of aromatic nitrogens is 3. The number of rotatable bonds is 3. The monoisotopic (exact) mass is 272 g/mol. The molecule has 0 unspecified atom stereocenters. The van der Waals surface area contributed by atoms with Crippen LogP contribution in [0.2, 0.25) is 5.02 Å². The third kappa shape index (κ3) is 2.31. The van der Waals surface area contributed by atoms with E-state index < -0.39 is 10.0 Å². The molecule has 8 heteroatoms. The van der Waals surface area contributed by atoms with Gasteiger partial charge in [-0.1, -0.05) is 11.6 Å². The Balaban J connectivity index is 2.48. The highest BCUT2D eigenvalue weighted by molar-refractivity contribution is 7.89. The van der Waals surface area contributed by atoms with Crippen molar-refractivity contribution in [2.24, 2.45) is 0 Å². The van der Waals surface area contributed by atoms with Crippen LogP contribution in [0.3, 0.4) is 0 Å². The standard InChI is InChI=1S/C9H9ClN4O2S/c1-11-17(15,16)8-4-6-14(13-8)9-7(10)3-2-5-12-9/h2-6,11H,1H3. The molecule has 2 rings (SSSR count). The van der Waals surface area contributed by atoms with E-state index in [0.717, 1.165) is 0 Å². The Morgan fingerprint density at radius 2 is 2.18 bits per heavy atom. The zero-order chi connectivity index (χ0) is 12.5. The molecular weight excluding hydrogens is 264 g/mol. The second-order valence-electron chi connectivity index (χ2n) is 3.11. The minimum Gasteiger partial charge on any atom is -0.236 e. The summed E-state index contributed by atoms with van der Waals surface area (Å²) in [6.07, 6.45) is 3.04. The van der Waals surface area contributed by atoms with Crippen molar-refractivity contribution in [2.45, 2.75) is 5.03 Å². The van der Waals surface area contributed by atoms with Crippen LogP contribution >= 0.6 is 11.6 Å². The van der Waals surface area contributed by atoms with Gasteiger partial charge in [-0.3, -0.25) is 0 Å². The van der Waals surface area contributed by atoms with Crippen LogP contribution in [0.25, 0.3) is 5.82 Å². The summed E-state index contributed by atoms with van der Waals surface area (Å²) >= 11 is 5.93. The Bertz CT molecular complexity index is 638. The molecule has 0 saturated heterocycles. The van der Waals surface area contributed by atoms with Crippen molar-refractivity contribution in [1.29, 1.82) is 0 Å². The Hall–Kier alpha value is -1.44. The summed E-state index contributed by atoms with van der Waals surface area (Å²) in [7, 11) is -2.23. The van der Waals surface area contributed by atoms with Crippen molar-refractivity contribution in [1.82, 2.24) is 19.5 Å². The number of nitrogens with one attached hydrogen (secondary N) is 1. The third-order valence-electron chi connectivity index (χ3n) is 2.06. The van der Waals surface area contributed by atoms with Gasteiger partial charge in [0.2, 0.25) is 0 Å². The van der Waals surface area contributed by atoms with E-state index >= 15 is 0 Å². The van der Waals surface area contributed by atoms with Gasteiger partial charge in [-0.15, -0.1) is 0 Å². The molecule has 0 aliphatic rings. The van der Waals surface area contributed by atoms with Crippen LogP contribution in [-0.4, -0.2) is 30.2 Å². The summed E-state index contributed by atoms with van der Waals surface area (Å²) in [5.41, 5.74) is 0. The van der Waals surface area contributed by atoms with Crippen molar-refractivity contribution < 1.29 is 8.42 Å². The van der Waals surface area contributed by atoms with Crippen molar-refractivity contribution in [2.75, 3.05) is 7.05 Å². The van der Waals surface area contributed by atoms with Crippen molar-refractivity contribution in [3.63, 3.8) is 0 Å². The Kier molecular flexibility index (Phi) is 3.14. The Labute approximate surface area is 103 Å². The van der Waals surface area contributed by atoms with Crippen LogP contribution in [0.4, 0.5) is 0 Å². The first kappa shape index (κ1) is 12.0. The van der Waals surface area contributed by atoms with Gasteiger partial charge in [0.05, 0.1) is 5.02 Å². The summed E-state index contributed by atoms with van der Waals surface area (Å²) in [4.78, 5) is 4.02. The summed E-state index contributed by atoms with van der Waals surface area (Å²) in [6, 6.07) is 4.70.